The Labute approximate surface area is 90.7 Å². The summed E-state index contributed by atoms with van der Waals surface area (Å²) in [5.74, 6) is 0.480. The Kier molecular flexibility index (Phi) is 3.50. The van der Waals surface area contributed by atoms with E-state index in [1.54, 1.807) is 11.1 Å². The molecule has 0 saturated heterocycles. The molecule has 1 N–H and O–H groups in total. The SMILES string of the molecule is Cc1[nH]ncc1C(=O)N(C)C(C)C(C)C. The summed E-state index contributed by atoms with van der Waals surface area (Å²) in [6.45, 7) is 8.12. The second-order valence-corrected chi connectivity index (χ2v) is 4.31. The summed E-state index contributed by atoms with van der Waals surface area (Å²) in [6, 6.07) is 0.229. The lowest BCUT2D eigenvalue weighted by Crippen LogP contribution is -2.38. The first-order chi connectivity index (χ1) is 6.95. The standard InChI is InChI=1S/C11H19N3O/c1-7(2)9(4)14(5)11(15)10-6-12-13-8(10)3/h6-7,9H,1-5H3,(H,12,13). The van der Waals surface area contributed by atoms with Crippen molar-refractivity contribution in [2.45, 2.75) is 33.7 Å². The van der Waals surface area contributed by atoms with Gasteiger partial charge in [0.25, 0.3) is 5.91 Å². The molecule has 1 unspecified atom stereocenters. The Hall–Kier alpha value is -1.32. The Morgan fingerprint density at radius 3 is 2.47 bits per heavy atom. The first-order valence-electron chi connectivity index (χ1n) is 5.22. The second kappa shape index (κ2) is 4.47. The summed E-state index contributed by atoms with van der Waals surface area (Å²) >= 11 is 0. The summed E-state index contributed by atoms with van der Waals surface area (Å²) < 4.78 is 0. The van der Waals surface area contributed by atoms with Crippen molar-refractivity contribution in [1.29, 1.82) is 0 Å². The molecule has 0 saturated carbocycles. The van der Waals surface area contributed by atoms with E-state index in [1.807, 2.05) is 14.0 Å². The van der Waals surface area contributed by atoms with Gasteiger partial charge in [0.15, 0.2) is 0 Å². The van der Waals surface area contributed by atoms with Gasteiger partial charge in [-0.25, -0.2) is 0 Å². The lowest BCUT2D eigenvalue weighted by atomic mass is 10.0. The topological polar surface area (TPSA) is 49.0 Å². The number of hydrogen-bond acceptors (Lipinski definition) is 2. The van der Waals surface area contributed by atoms with Crippen LogP contribution in [0.25, 0.3) is 0 Å². The highest BCUT2D eigenvalue weighted by Gasteiger charge is 2.21. The van der Waals surface area contributed by atoms with Crippen molar-refractivity contribution in [2.24, 2.45) is 5.92 Å². The van der Waals surface area contributed by atoms with Crippen LogP contribution >= 0.6 is 0 Å². The predicted molar refractivity (Wildman–Crippen MR) is 59.7 cm³/mol. The Bertz CT molecular complexity index is 343. The van der Waals surface area contributed by atoms with Gasteiger partial charge in [-0.15, -0.1) is 0 Å². The van der Waals surface area contributed by atoms with E-state index in [9.17, 15) is 4.79 Å². The van der Waals surface area contributed by atoms with Gasteiger partial charge in [0.1, 0.15) is 0 Å². The zero-order chi connectivity index (χ0) is 11.6. The van der Waals surface area contributed by atoms with Crippen LogP contribution in [-0.2, 0) is 0 Å². The maximum absolute atomic E-state index is 12.0. The van der Waals surface area contributed by atoms with Crippen molar-refractivity contribution in [2.75, 3.05) is 7.05 Å². The van der Waals surface area contributed by atoms with Crippen LogP contribution in [0.3, 0.4) is 0 Å². The fraction of sp³-hybridized carbons (Fsp3) is 0.636. The molecule has 4 heteroatoms. The van der Waals surface area contributed by atoms with E-state index in [4.69, 9.17) is 0 Å². The van der Waals surface area contributed by atoms with E-state index in [0.717, 1.165) is 5.69 Å². The number of hydrogen-bond donors (Lipinski definition) is 1. The fourth-order valence-electron chi connectivity index (χ4n) is 1.39. The molecule has 84 valence electrons. The molecule has 0 fully saturated rings. The third-order valence-electron chi connectivity index (χ3n) is 2.96. The van der Waals surface area contributed by atoms with Crippen molar-refractivity contribution in [3.63, 3.8) is 0 Å². The molecular formula is C11H19N3O. The van der Waals surface area contributed by atoms with E-state index in [-0.39, 0.29) is 11.9 Å². The van der Waals surface area contributed by atoms with Crippen LogP contribution in [0.4, 0.5) is 0 Å². The number of H-pyrrole nitrogens is 1. The van der Waals surface area contributed by atoms with E-state index in [2.05, 4.69) is 31.0 Å². The van der Waals surface area contributed by atoms with Crippen LogP contribution < -0.4 is 0 Å². The minimum atomic E-state index is 0.0300. The average molecular weight is 209 g/mol. The van der Waals surface area contributed by atoms with Crippen LogP contribution in [0.1, 0.15) is 36.8 Å². The van der Waals surface area contributed by atoms with Crippen molar-refractivity contribution in [3.05, 3.63) is 17.5 Å². The van der Waals surface area contributed by atoms with Crippen LogP contribution in [0.5, 0.6) is 0 Å². The zero-order valence-corrected chi connectivity index (χ0v) is 10.0. The molecule has 1 aromatic rings. The van der Waals surface area contributed by atoms with Gasteiger partial charge in [0.2, 0.25) is 0 Å². The molecule has 0 aliphatic heterocycles. The molecule has 0 aliphatic rings. The zero-order valence-electron chi connectivity index (χ0n) is 10.0. The molecule has 0 bridgehead atoms. The summed E-state index contributed by atoms with van der Waals surface area (Å²) in [5.41, 5.74) is 1.48. The van der Waals surface area contributed by atoms with Crippen LogP contribution in [-0.4, -0.2) is 34.1 Å². The summed E-state index contributed by atoms with van der Waals surface area (Å²) in [5, 5.41) is 6.63. The molecule has 0 aromatic carbocycles. The number of aromatic amines is 1. The highest BCUT2D eigenvalue weighted by atomic mass is 16.2. The molecule has 4 nitrogen and oxygen atoms in total. The van der Waals surface area contributed by atoms with Gasteiger partial charge in [-0.3, -0.25) is 9.89 Å². The third-order valence-corrected chi connectivity index (χ3v) is 2.96. The number of amides is 1. The van der Waals surface area contributed by atoms with Crippen LogP contribution in [0.2, 0.25) is 0 Å². The van der Waals surface area contributed by atoms with Gasteiger partial charge in [-0.05, 0) is 19.8 Å². The number of carbonyl (C=O) groups excluding carboxylic acids is 1. The monoisotopic (exact) mass is 209 g/mol. The Morgan fingerprint density at radius 1 is 1.47 bits per heavy atom. The number of carbonyl (C=O) groups is 1. The lowest BCUT2D eigenvalue weighted by molar-refractivity contribution is 0.0706. The van der Waals surface area contributed by atoms with Crippen molar-refractivity contribution in [1.82, 2.24) is 15.1 Å². The molecule has 1 aromatic heterocycles. The largest absolute Gasteiger partial charge is 0.339 e. The number of aryl methyl sites for hydroxylation is 1. The van der Waals surface area contributed by atoms with Crippen LogP contribution in [0, 0.1) is 12.8 Å². The summed E-state index contributed by atoms with van der Waals surface area (Å²) in [7, 11) is 1.83. The van der Waals surface area contributed by atoms with Gasteiger partial charge in [-0.1, -0.05) is 13.8 Å². The Balaban J connectivity index is 2.82. The predicted octanol–water partition coefficient (Wildman–Crippen LogP) is 1.83. The maximum atomic E-state index is 12.0. The number of nitrogens with one attached hydrogen (secondary N) is 1. The average Bonchev–Trinajstić information content (AvgIpc) is 2.60. The van der Waals surface area contributed by atoms with Crippen molar-refractivity contribution in [3.8, 4) is 0 Å². The fourth-order valence-corrected chi connectivity index (χ4v) is 1.39. The summed E-state index contributed by atoms with van der Waals surface area (Å²) in [6.07, 6.45) is 1.58. The van der Waals surface area contributed by atoms with Gasteiger partial charge >= 0.3 is 0 Å². The quantitative estimate of drug-likeness (QED) is 0.825. The van der Waals surface area contributed by atoms with Crippen LogP contribution in [0.15, 0.2) is 6.20 Å². The molecule has 0 spiro atoms. The first kappa shape index (κ1) is 11.8. The van der Waals surface area contributed by atoms with Gasteiger partial charge in [0.05, 0.1) is 11.8 Å². The van der Waals surface area contributed by atoms with E-state index in [1.165, 1.54) is 0 Å². The van der Waals surface area contributed by atoms with Crippen molar-refractivity contribution < 1.29 is 4.79 Å². The van der Waals surface area contributed by atoms with Gasteiger partial charge in [0, 0.05) is 18.8 Å². The highest BCUT2D eigenvalue weighted by molar-refractivity contribution is 5.95. The normalized spacial score (nSPS) is 12.9. The molecule has 0 aliphatic carbocycles. The molecule has 1 rings (SSSR count). The van der Waals surface area contributed by atoms with E-state index < -0.39 is 0 Å². The highest BCUT2D eigenvalue weighted by Crippen LogP contribution is 2.13. The second-order valence-electron chi connectivity index (χ2n) is 4.31. The third kappa shape index (κ3) is 2.37. The number of rotatable bonds is 3. The smallest absolute Gasteiger partial charge is 0.257 e. The molecule has 15 heavy (non-hydrogen) atoms. The van der Waals surface area contributed by atoms with Crippen molar-refractivity contribution >= 4 is 5.91 Å². The first-order valence-corrected chi connectivity index (χ1v) is 5.22. The number of aromatic nitrogens is 2. The van der Waals surface area contributed by atoms with Gasteiger partial charge < -0.3 is 4.90 Å². The molecule has 1 atom stereocenters. The minimum Gasteiger partial charge on any atom is -0.339 e. The Morgan fingerprint density at radius 2 is 2.07 bits per heavy atom. The molecule has 1 heterocycles. The van der Waals surface area contributed by atoms with Gasteiger partial charge in [-0.2, -0.15) is 5.10 Å². The van der Waals surface area contributed by atoms with E-state index >= 15 is 0 Å². The molecule has 0 radical (unpaired) electrons. The maximum Gasteiger partial charge on any atom is 0.257 e. The minimum absolute atomic E-state index is 0.0300. The lowest BCUT2D eigenvalue weighted by Gasteiger charge is -2.27. The van der Waals surface area contributed by atoms with E-state index in [0.29, 0.717) is 11.5 Å². The molecule has 1 amide bonds. The summed E-state index contributed by atoms with van der Waals surface area (Å²) in [4.78, 5) is 13.8. The number of nitrogens with zero attached hydrogens (tertiary/aromatic N) is 2. The molecular weight excluding hydrogens is 190 g/mol.